The molecular weight excluding hydrogens is 278 g/mol. The van der Waals surface area contributed by atoms with E-state index in [0.717, 1.165) is 24.9 Å². The molecule has 112 valence electrons. The van der Waals surface area contributed by atoms with Gasteiger partial charge in [-0.25, -0.2) is 0 Å². The summed E-state index contributed by atoms with van der Waals surface area (Å²) in [5, 5.41) is 12.5. The van der Waals surface area contributed by atoms with Gasteiger partial charge in [0.1, 0.15) is 0 Å². The summed E-state index contributed by atoms with van der Waals surface area (Å²) < 4.78 is 29.3. The van der Waals surface area contributed by atoms with Gasteiger partial charge in [0.05, 0.1) is 11.5 Å². The Morgan fingerprint density at radius 1 is 1.35 bits per heavy atom. The SMILES string of the molecule is Cc1ccc(S(=O)(=O)OC[C@H]2NCCC[C@H]2CO)cc1. The summed E-state index contributed by atoms with van der Waals surface area (Å²) in [6.45, 7) is 2.83. The third-order valence-corrected chi connectivity index (χ3v) is 4.97. The molecule has 0 radical (unpaired) electrons. The van der Waals surface area contributed by atoms with E-state index in [1.165, 1.54) is 0 Å². The van der Waals surface area contributed by atoms with Crippen molar-refractivity contribution in [2.24, 2.45) is 5.92 Å². The van der Waals surface area contributed by atoms with Gasteiger partial charge in [0.2, 0.25) is 0 Å². The Labute approximate surface area is 120 Å². The van der Waals surface area contributed by atoms with Crippen molar-refractivity contribution in [3.05, 3.63) is 29.8 Å². The first-order chi connectivity index (χ1) is 9.53. The molecule has 5 nitrogen and oxygen atoms in total. The predicted octanol–water partition coefficient (Wildman–Crippen LogP) is 1.06. The molecule has 1 aromatic carbocycles. The van der Waals surface area contributed by atoms with Crippen LogP contribution in [0.15, 0.2) is 29.2 Å². The summed E-state index contributed by atoms with van der Waals surface area (Å²) in [5.74, 6) is 0.0527. The first-order valence-corrected chi connectivity index (χ1v) is 8.24. The van der Waals surface area contributed by atoms with Gasteiger partial charge in [-0.1, -0.05) is 17.7 Å². The van der Waals surface area contributed by atoms with Crippen LogP contribution in [0.4, 0.5) is 0 Å². The highest BCUT2D eigenvalue weighted by atomic mass is 32.2. The van der Waals surface area contributed by atoms with Crippen molar-refractivity contribution in [2.75, 3.05) is 19.8 Å². The van der Waals surface area contributed by atoms with E-state index in [1.807, 2.05) is 6.92 Å². The van der Waals surface area contributed by atoms with Crippen molar-refractivity contribution in [1.29, 1.82) is 0 Å². The van der Waals surface area contributed by atoms with Crippen LogP contribution in [-0.4, -0.2) is 39.3 Å². The molecule has 0 amide bonds. The fourth-order valence-electron chi connectivity index (χ4n) is 2.37. The van der Waals surface area contributed by atoms with Gasteiger partial charge in [-0.15, -0.1) is 0 Å². The minimum absolute atomic E-state index is 0.0472. The van der Waals surface area contributed by atoms with Crippen LogP contribution in [0.25, 0.3) is 0 Å². The summed E-state index contributed by atoms with van der Waals surface area (Å²) in [4.78, 5) is 0.166. The van der Waals surface area contributed by atoms with Gasteiger partial charge in [-0.05, 0) is 44.4 Å². The Kier molecular flexibility index (Phi) is 5.15. The molecule has 0 spiro atoms. The molecule has 2 atom stereocenters. The second-order valence-corrected chi connectivity index (χ2v) is 6.81. The van der Waals surface area contributed by atoms with Crippen molar-refractivity contribution in [3.8, 4) is 0 Å². The van der Waals surface area contributed by atoms with E-state index in [1.54, 1.807) is 24.3 Å². The van der Waals surface area contributed by atoms with Crippen LogP contribution >= 0.6 is 0 Å². The Bertz CT molecular complexity index is 527. The van der Waals surface area contributed by atoms with Crippen molar-refractivity contribution in [1.82, 2.24) is 5.32 Å². The molecule has 2 rings (SSSR count). The maximum absolute atomic E-state index is 12.1. The number of aryl methyl sites for hydroxylation is 1. The number of aliphatic hydroxyl groups is 1. The Morgan fingerprint density at radius 2 is 2.05 bits per heavy atom. The van der Waals surface area contributed by atoms with E-state index in [2.05, 4.69) is 5.32 Å². The molecule has 0 aromatic heterocycles. The lowest BCUT2D eigenvalue weighted by Gasteiger charge is -2.30. The summed E-state index contributed by atoms with van der Waals surface area (Å²) in [6, 6.07) is 6.45. The maximum Gasteiger partial charge on any atom is 0.297 e. The van der Waals surface area contributed by atoms with Gasteiger partial charge in [0, 0.05) is 12.6 Å². The highest BCUT2D eigenvalue weighted by Gasteiger charge is 2.26. The van der Waals surface area contributed by atoms with Crippen molar-refractivity contribution in [3.63, 3.8) is 0 Å². The van der Waals surface area contributed by atoms with Crippen molar-refractivity contribution in [2.45, 2.75) is 30.7 Å². The lowest BCUT2D eigenvalue weighted by Crippen LogP contribution is -2.46. The average Bonchev–Trinajstić information content (AvgIpc) is 2.46. The van der Waals surface area contributed by atoms with Crippen LogP contribution in [0, 0.1) is 12.8 Å². The van der Waals surface area contributed by atoms with Gasteiger partial charge in [0.25, 0.3) is 10.1 Å². The minimum atomic E-state index is -3.73. The zero-order valence-electron chi connectivity index (χ0n) is 11.6. The van der Waals surface area contributed by atoms with Crippen LogP contribution in [0.2, 0.25) is 0 Å². The first kappa shape index (κ1) is 15.4. The molecule has 1 aliphatic heterocycles. The lowest BCUT2D eigenvalue weighted by molar-refractivity contribution is 0.126. The molecule has 0 unspecified atom stereocenters. The van der Waals surface area contributed by atoms with Gasteiger partial charge < -0.3 is 10.4 Å². The Morgan fingerprint density at radius 3 is 2.70 bits per heavy atom. The highest BCUT2D eigenvalue weighted by Crippen LogP contribution is 2.19. The molecular formula is C14H21NO4S. The Hall–Kier alpha value is -0.950. The van der Waals surface area contributed by atoms with Crippen molar-refractivity contribution >= 4 is 10.1 Å². The number of hydrogen-bond acceptors (Lipinski definition) is 5. The van der Waals surface area contributed by atoms with E-state index in [9.17, 15) is 13.5 Å². The summed E-state index contributed by atoms with van der Waals surface area (Å²) in [7, 11) is -3.73. The lowest BCUT2D eigenvalue weighted by atomic mass is 9.92. The summed E-state index contributed by atoms with van der Waals surface area (Å²) >= 11 is 0. The third-order valence-electron chi connectivity index (χ3n) is 3.67. The average molecular weight is 299 g/mol. The van der Waals surface area contributed by atoms with E-state index >= 15 is 0 Å². The summed E-state index contributed by atoms with van der Waals surface area (Å²) in [5.41, 5.74) is 0.998. The predicted molar refractivity (Wildman–Crippen MR) is 75.9 cm³/mol. The number of rotatable bonds is 5. The maximum atomic E-state index is 12.1. The van der Waals surface area contributed by atoms with Crippen LogP contribution in [0.1, 0.15) is 18.4 Å². The van der Waals surface area contributed by atoms with Gasteiger partial charge in [-0.2, -0.15) is 8.42 Å². The smallest absolute Gasteiger partial charge is 0.297 e. The zero-order valence-corrected chi connectivity index (χ0v) is 12.4. The number of benzene rings is 1. The fraction of sp³-hybridized carbons (Fsp3) is 0.571. The third kappa shape index (κ3) is 3.79. The number of piperidine rings is 1. The van der Waals surface area contributed by atoms with Crippen LogP contribution in [-0.2, 0) is 14.3 Å². The van der Waals surface area contributed by atoms with E-state index in [4.69, 9.17) is 4.18 Å². The highest BCUT2D eigenvalue weighted by molar-refractivity contribution is 7.86. The van der Waals surface area contributed by atoms with Crippen LogP contribution in [0.3, 0.4) is 0 Å². The molecule has 0 bridgehead atoms. The standard InChI is InChI=1S/C14H21NO4S/c1-11-4-6-13(7-5-11)20(17,18)19-10-14-12(9-16)3-2-8-15-14/h4-7,12,14-16H,2-3,8-10H2,1H3/t12-,14+/m0/s1. The molecule has 20 heavy (non-hydrogen) atoms. The quantitative estimate of drug-likeness (QED) is 0.795. The first-order valence-electron chi connectivity index (χ1n) is 6.83. The number of nitrogens with one attached hydrogen (secondary N) is 1. The van der Waals surface area contributed by atoms with E-state index in [-0.39, 0.29) is 30.1 Å². The topological polar surface area (TPSA) is 75.6 Å². The second-order valence-electron chi connectivity index (χ2n) is 5.20. The number of hydrogen-bond donors (Lipinski definition) is 2. The molecule has 1 fully saturated rings. The molecule has 1 aliphatic rings. The molecule has 2 N–H and O–H groups in total. The normalized spacial score (nSPS) is 23.7. The van der Waals surface area contributed by atoms with Gasteiger partial charge >= 0.3 is 0 Å². The van der Waals surface area contributed by atoms with Gasteiger partial charge in [0.15, 0.2) is 0 Å². The van der Waals surface area contributed by atoms with Gasteiger partial charge in [-0.3, -0.25) is 4.18 Å². The molecule has 0 saturated carbocycles. The molecule has 0 aliphatic carbocycles. The largest absolute Gasteiger partial charge is 0.396 e. The minimum Gasteiger partial charge on any atom is -0.396 e. The van der Waals surface area contributed by atoms with Crippen molar-refractivity contribution < 1.29 is 17.7 Å². The van der Waals surface area contributed by atoms with Crippen LogP contribution < -0.4 is 5.32 Å². The van der Waals surface area contributed by atoms with E-state index < -0.39 is 10.1 Å². The van der Waals surface area contributed by atoms with Crippen LogP contribution in [0.5, 0.6) is 0 Å². The van der Waals surface area contributed by atoms with E-state index in [0.29, 0.717) is 0 Å². The molecule has 6 heteroatoms. The monoisotopic (exact) mass is 299 g/mol. The summed E-state index contributed by atoms with van der Waals surface area (Å²) in [6.07, 6.45) is 1.88. The molecule has 1 heterocycles. The molecule has 1 saturated heterocycles. The number of aliphatic hydroxyl groups excluding tert-OH is 1. The zero-order chi connectivity index (χ0) is 14.6. The molecule has 1 aromatic rings. The second kappa shape index (κ2) is 6.67. The Balaban J connectivity index is 1.99. The fourth-order valence-corrected chi connectivity index (χ4v) is 3.30.